The van der Waals surface area contributed by atoms with E-state index in [4.69, 9.17) is 4.74 Å². The number of phenolic OH excluding ortho intramolecular Hbond substituents is 2. The predicted octanol–water partition coefficient (Wildman–Crippen LogP) is 3.98. The fraction of sp³-hybridized carbons (Fsp3) is 0.381. The summed E-state index contributed by atoms with van der Waals surface area (Å²) in [5, 5.41) is 20.7. The Bertz CT molecular complexity index is 1190. The summed E-state index contributed by atoms with van der Waals surface area (Å²) in [6.07, 6.45) is -3.90. The number of carbonyl (C=O) groups is 1. The van der Waals surface area contributed by atoms with Crippen molar-refractivity contribution in [3.63, 3.8) is 0 Å². The Morgan fingerprint density at radius 3 is 2.59 bits per heavy atom. The van der Waals surface area contributed by atoms with Crippen LogP contribution in [0.15, 0.2) is 39.7 Å². The highest BCUT2D eigenvalue weighted by Crippen LogP contribution is 2.37. The van der Waals surface area contributed by atoms with Gasteiger partial charge in [-0.25, -0.2) is 8.42 Å². The lowest BCUT2D eigenvalue weighted by Crippen LogP contribution is -2.38. The van der Waals surface area contributed by atoms with Gasteiger partial charge in [-0.2, -0.15) is 0 Å². The van der Waals surface area contributed by atoms with E-state index in [1.807, 2.05) is 0 Å². The van der Waals surface area contributed by atoms with Gasteiger partial charge in [0.15, 0.2) is 9.84 Å². The number of rotatable bonds is 7. The third kappa shape index (κ3) is 5.94. The van der Waals surface area contributed by atoms with Crippen molar-refractivity contribution in [3.8, 4) is 17.2 Å². The molecule has 1 fully saturated rings. The van der Waals surface area contributed by atoms with E-state index in [2.05, 4.69) is 20.7 Å². The summed E-state index contributed by atoms with van der Waals surface area (Å²) in [6.45, 7) is 0.477. The smallest absolute Gasteiger partial charge is 0.507 e. The minimum absolute atomic E-state index is 0.189. The van der Waals surface area contributed by atoms with Crippen molar-refractivity contribution in [1.29, 1.82) is 0 Å². The molecule has 2 aromatic carbocycles. The molecule has 13 heteroatoms. The van der Waals surface area contributed by atoms with Crippen LogP contribution < -0.4 is 4.74 Å². The van der Waals surface area contributed by atoms with Crippen molar-refractivity contribution >= 4 is 31.7 Å². The SMILES string of the molecule is COC[C@H]1CCCN1C(=O)c1cc(OC(F)(F)F)cc(CS(=O)(=O)c2cc(Br)ccc2O)c1O. The molecular formula is C21H21BrF3NO7S. The maximum Gasteiger partial charge on any atom is 0.573 e. The van der Waals surface area contributed by atoms with Crippen molar-refractivity contribution < 1.29 is 46.1 Å². The standard InChI is InChI=1S/C21H21BrF3NO7S/c1-32-10-14-3-2-6-26(14)20(29)16-9-15(33-21(23,24)25)7-12(19(16)28)11-34(30,31)18-8-13(22)4-5-17(18)27/h4-5,7-9,14,27-28H,2-3,6,10-11H2,1H3/t14-/m1/s1. The number of nitrogens with zero attached hydrogens (tertiary/aromatic N) is 1. The molecule has 0 unspecified atom stereocenters. The number of alkyl halides is 3. The number of sulfone groups is 1. The first-order valence-electron chi connectivity index (χ1n) is 9.95. The number of carbonyl (C=O) groups excluding carboxylic acids is 1. The van der Waals surface area contributed by atoms with Crippen LogP contribution in [0, 0.1) is 0 Å². The maximum atomic E-state index is 13.1. The van der Waals surface area contributed by atoms with Crippen LogP contribution in [0.2, 0.25) is 0 Å². The van der Waals surface area contributed by atoms with Crippen LogP contribution in [0.5, 0.6) is 17.2 Å². The van der Waals surface area contributed by atoms with Gasteiger partial charge in [0.25, 0.3) is 5.91 Å². The number of halogens is 4. The average molecular weight is 568 g/mol. The van der Waals surface area contributed by atoms with Gasteiger partial charge in [0.2, 0.25) is 0 Å². The average Bonchev–Trinajstić information content (AvgIpc) is 3.18. The van der Waals surface area contributed by atoms with E-state index in [1.165, 1.54) is 18.1 Å². The zero-order valence-electron chi connectivity index (χ0n) is 17.8. The van der Waals surface area contributed by atoms with Crippen LogP contribution in [-0.2, 0) is 20.3 Å². The number of hydrogen-bond donors (Lipinski definition) is 2. The largest absolute Gasteiger partial charge is 0.573 e. The summed E-state index contributed by atoms with van der Waals surface area (Å²) in [5.74, 6) is -4.02. The fourth-order valence-electron chi connectivity index (χ4n) is 3.77. The molecule has 0 spiro atoms. The highest BCUT2D eigenvalue weighted by Gasteiger charge is 2.35. The van der Waals surface area contributed by atoms with Gasteiger partial charge in [0.05, 0.1) is 24.0 Å². The van der Waals surface area contributed by atoms with Gasteiger partial charge in [-0.1, -0.05) is 15.9 Å². The molecule has 1 atom stereocenters. The van der Waals surface area contributed by atoms with Gasteiger partial charge in [-0.15, -0.1) is 13.2 Å². The Hall–Kier alpha value is -2.51. The molecule has 1 heterocycles. The molecule has 0 saturated carbocycles. The second-order valence-electron chi connectivity index (χ2n) is 7.65. The third-order valence-electron chi connectivity index (χ3n) is 5.23. The molecule has 8 nitrogen and oxygen atoms in total. The van der Waals surface area contributed by atoms with Crippen LogP contribution in [0.1, 0.15) is 28.8 Å². The molecule has 0 aliphatic carbocycles. The summed E-state index contributed by atoms with van der Waals surface area (Å²) in [5.41, 5.74) is -1.03. The second kappa shape index (κ2) is 10.0. The van der Waals surface area contributed by atoms with E-state index in [-0.39, 0.29) is 19.2 Å². The van der Waals surface area contributed by atoms with Crippen molar-refractivity contribution in [2.45, 2.75) is 35.9 Å². The lowest BCUT2D eigenvalue weighted by atomic mass is 10.1. The maximum absolute atomic E-state index is 13.1. The van der Waals surface area contributed by atoms with Crippen LogP contribution in [0.3, 0.4) is 0 Å². The molecule has 3 rings (SSSR count). The van der Waals surface area contributed by atoms with Gasteiger partial charge < -0.3 is 24.6 Å². The second-order valence-corrected chi connectivity index (χ2v) is 10.5. The Morgan fingerprint density at radius 2 is 1.94 bits per heavy atom. The van der Waals surface area contributed by atoms with E-state index in [0.29, 0.717) is 23.4 Å². The lowest BCUT2D eigenvalue weighted by molar-refractivity contribution is -0.274. The monoisotopic (exact) mass is 567 g/mol. The van der Waals surface area contributed by atoms with Crippen LogP contribution in [0.4, 0.5) is 13.2 Å². The van der Waals surface area contributed by atoms with E-state index < -0.39 is 61.1 Å². The topological polar surface area (TPSA) is 113 Å². The Balaban J connectivity index is 2.07. The number of likely N-dealkylation sites (tertiary alicyclic amines) is 1. The molecular weight excluding hydrogens is 547 g/mol. The predicted molar refractivity (Wildman–Crippen MR) is 117 cm³/mol. The molecule has 0 bridgehead atoms. The number of phenols is 2. The Kier molecular flexibility index (Phi) is 7.68. The Morgan fingerprint density at radius 1 is 1.24 bits per heavy atom. The summed E-state index contributed by atoms with van der Waals surface area (Å²) in [4.78, 5) is 14.0. The first-order chi connectivity index (χ1) is 15.8. The zero-order valence-corrected chi connectivity index (χ0v) is 20.2. The summed E-state index contributed by atoms with van der Waals surface area (Å²) in [6, 6.07) is 4.70. The normalized spacial score (nSPS) is 16.6. The third-order valence-corrected chi connectivity index (χ3v) is 7.41. The van der Waals surface area contributed by atoms with Crippen molar-refractivity contribution in [1.82, 2.24) is 4.90 Å². The van der Waals surface area contributed by atoms with Crippen molar-refractivity contribution in [2.75, 3.05) is 20.3 Å². The van der Waals surface area contributed by atoms with E-state index >= 15 is 0 Å². The zero-order chi connectivity index (χ0) is 25.3. The van der Waals surface area contributed by atoms with Gasteiger partial charge in [0.1, 0.15) is 22.1 Å². The highest BCUT2D eigenvalue weighted by atomic mass is 79.9. The number of hydrogen-bond acceptors (Lipinski definition) is 7. The number of aromatic hydroxyl groups is 2. The molecule has 0 radical (unpaired) electrons. The molecule has 0 aromatic heterocycles. The molecule has 1 aliphatic rings. The van der Waals surface area contributed by atoms with Gasteiger partial charge in [-0.3, -0.25) is 4.79 Å². The minimum Gasteiger partial charge on any atom is -0.507 e. The van der Waals surface area contributed by atoms with Crippen molar-refractivity contribution in [3.05, 3.63) is 45.9 Å². The quantitative estimate of drug-likeness (QED) is 0.520. The fourth-order valence-corrected chi connectivity index (χ4v) is 5.76. The van der Waals surface area contributed by atoms with E-state index in [1.54, 1.807) is 0 Å². The Labute approximate surface area is 201 Å². The summed E-state index contributed by atoms with van der Waals surface area (Å²) >= 11 is 3.09. The number of methoxy groups -OCH3 is 1. The number of benzene rings is 2. The van der Waals surface area contributed by atoms with Gasteiger partial charge >= 0.3 is 6.36 Å². The molecule has 34 heavy (non-hydrogen) atoms. The van der Waals surface area contributed by atoms with Gasteiger partial charge in [0, 0.05) is 23.7 Å². The first-order valence-corrected chi connectivity index (χ1v) is 12.4. The van der Waals surface area contributed by atoms with E-state index in [9.17, 15) is 36.6 Å². The lowest BCUT2D eigenvalue weighted by Gasteiger charge is -2.25. The molecule has 1 aliphatic heterocycles. The molecule has 1 saturated heterocycles. The van der Waals surface area contributed by atoms with Crippen molar-refractivity contribution in [2.24, 2.45) is 0 Å². The highest BCUT2D eigenvalue weighted by molar-refractivity contribution is 9.10. The first kappa shape index (κ1) is 26.1. The van der Waals surface area contributed by atoms with Crippen LogP contribution in [0.25, 0.3) is 0 Å². The summed E-state index contributed by atoms with van der Waals surface area (Å²) < 4.78 is 74.0. The molecule has 186 valence electrons. The molecule has 1 amide bonds. The molecule has 2 N–H and O–H groups in total. The molecule has 2 aromatic rings. The number of amides is 1. The van der Waals surface area contributed by atoms with Crippen LogP contribution >= 0.6 is 15.9 Å². The van der Waals surface area contributed by atoms with E-state index in [0.717, 1.165) is 18.2 Å². The number of ether oxygens (including phenoxy) is 2. The minimum atomic E-state index is -5.12. The van der Waals surface area contributed by atoms with Gasteiger partial charge in [-0.05, 0) is 43.2 Å². The summed E-state index contributed by atoms with van der Waals surface area (Å²) in [7, 11) is -2.91. The van der Waals surface area contributed by atoms with Crippen LogP contribution in [-0.4, -0.2) is 62.1 Å².